The third-order valence-corrected chi connectivity index (χ3v) is 5.58. The highest BCUT2D eigenvalue weighted by molar-refractivity contribution is 7.89. The third-order valence-electron chi connectivity index (χ3n) is 3.67. The van der Waals surface area contributed by atoms with Crippen molar-refractivity contribution in [2.24, 2.45) is 0 Å². The molecule has 0 unspecified atom stereocenters. The fourth-order valence-electron chi connectivity index (χ4n) is 2.20. The molecule has 110 valence electrons. The summed E-state index contributed by atoms with van der Waals surface area (Å²) in [7, 11) is -1.87. The summed E-state index contributed by atoms with van der Waals surface area (Å²) in [5, 5.41) is 3.07. The molecule has 0 spiro atoms. The maximum Gasteiger partial charge on any atom is 0.243 e. The van der Waals surface area contributed by atoms with Crippen LogP contribution >= 0.6 is 0 Å². The lowest BCUT2D eigenvalue weighted by Gasteiger charge is -2.34. The van der Waals surface area contributed by atoms with Crippen molar-refractivity contribution >= 4 is 10.0 Å². The van der Waals surface area contributed by atoms with Gasteiger partial charge in [-0.05, 0) is 12.1 Å². The summed E-state index contributed by atoms with van der Waals surface area (Å²) < 4.78 is 37.6. The van der Waals surface area contributed by atoms with E-state index in [1.54, 1.807) is 25.2 Å². The van der Waals surface area contributed by atoms with Crippen LogP contribution in [0.15, 0.2) is 23.1 Å². The number of nitrogens with zero attached hydrogens (tertiary/aromatic N) is 1. The molecular weight excluding hydrogens is 280 g/mol. The first-order valence-corrected chi connectivity index (χ1v) is 8.11. The van der Waals surface area contributed by atoms with Gasteiger partial charge in [0.15, 0.2) is 11.5 Å². The monoisotopic (exact) mass is 298 g/mol. The molecule has 3 rings (SSSR count). The summed E-state index contributed by atoms with van der Waals surface area (Å²) in [4.78, 5) is 0.246. The van der Waals surface area contributed by atoms with Crippen LogP contribution < -0.4 is 14.8 Å². The molecule has 0 radical (unpaired) electrons. The fourth-order valence-corrected chi connectivity index (χ4v) is 3.57. The molecule has 7 heteroatoms. The largest absolute Gasteiger partial charge is 0.490 e. The van der Waals surface area contributed by atoms with E-state index in [-0.39, 0.29) is 10.9 Å². The van der Waals surface area contributed by atoms with Gasteiger partial charge in [-0.15, -0.1) is 0 Å². The highest BCUT2D eigenvalue weighted by Gasteiger charge is 2.32. The molecule has 2 aliphatic rings. The molecule has 0 aromatic heterocycles. The highest BCUT2D eigenvalue weighted by Crippen LogP contribution is 2.33. The second-order valence-corrected chi connectivity index (χ2v) is 6.99. The van der Waals surface area contributed by atoms with Crippen molar-refractivity contribution in [3.63, 3.8) is 0 Å². The molecule has 0 aliphatic carbocycles. The Morgan fingerprint density at radius 3 is 2.55 bits per heavy atom. The second-order valence-electron chi connectivity index (χ2n) is 4.99. The van der Waals surface area contributed by atoms with E-state index < -0.39 is 10.0 Å². The first-order chi connectivity index (χ1) is 9.59. The van der Waals surface area contributed by atoms with E-state index >= 15 is 0 Å². The van der Waals surface area contributed by atoms with Gasteiger partial charge in [0.05, 0.1) is 18.1 Å². The Morgan fingerprint density at radius 2 is 1.90 bits per heavy atom. The van der Waals surface area contributed by atoms with Gasteiger partial charge >= 0.3 is 0 Å². The van der Waals surface area contributed by atoms with Crippen LogP contribution in [0.2, 0.25) is 0 Å². The predicted octanol–water partition coefficient (Wildman–Crippen LogP) is 0.440. The molecule has 0 amide bonds. The molecule has 1 saturated heterocycles. The first kappa shape index (κ1) is 13.7. The topological polar surface area (TPSA) is 67.9 Å². The number of sulfonamides is 1. The SMILES string of the molecule is CN(C1CNC1)S(=O)(=O)c1ccc2c(c1)OCCCO2. The van der Waals surface area contributed by atoms with E-state index in [1.807, 2.05) is 0 Å². The minimum Gasteiger partial charge on any atom is -0.490 e. The molecule has 1 aromatic rings. The number of ether oxygens (including phenoxy) is 2. The Bertz CT molecular complexity index is 598. The van der Waals surface area contributed by atoms with E-state index in [2.05, 4.69) is 5.32 Å². The van der Waals surface area contributed by atoms with Gasteiger partial charge in [-0.25, -0.2) is 8.42 Å². The number of likely N-dealkylation sites (N-methyl/N-ethyl adjacent to an activating group) is 1. The zero-order valence-electron chi connectivity index (χ0n) is 11.3. The van der Waals surface area contributed by atoms with Crippen LogP contribution in [-0.4, -0.2) is 52.1 Å². The number of benzene rings is 1. The number of rotatable bonds is 3. The summed E-state index contributed by atoms with van der Waals surface area (Å²) in [5.41, 5.74) is 0. The molecule has 2 heterocycles. The van der Waals surface area contributed by atoms with Crippen LogP contribution in [0, 0.1) is 0 Å². The molecule has 6 nitrogen and oxygen atoms in total. The van der Waals surface area contributed by atoms with Crippen LogP contribution in [0.1, 0.15) is 6.42 Å². The van der Waals surface area contributed by atoms with Gasteiger partial charge in [0.2, 0.25) is 10.0 Å². The summed E-state index contributed by atoms with van der Waals surface area (Å²) >= 11 is 0. The van der Waals surface area contributed by atoms with E-state index in [0.29, 0.717) is 37.8 Å². The molecule has 0 atom stereocenters. The average Bonchev–Trinajstić information content (AvgIpc) is 2.60. The van der Waals surface area contributed by atoms with Gasteiger partial charge < -0.3 is 14.8 Å². The lowest BCUT2D eigenvalue weighted by molar-refractivity contribution is 0.274. The van der Waals surface area contributed by atoms with Crippen molar-refractivity contribution in [1.82, 2.24) is 9.62 Å². The summed E-state index contributed by atoms with van der Waals surface area (Å²) in [6, 6.07) is 4.82. The van der Waals surface area contributed by atoms with Crippen molar-refractivity contribution in [1.29, 1.82) is 0 Å². The van der Waals surface area contributed by atoms with Crippen molar-refractivity contribution in [2.75, 3.05) is 33.4 Å². The Kier molecular flexibility index (Phi) is 3.57. The van der Waals surface area contributed by atoms with Crippen LogP contribution in [0.3, 0.4) is 0 Å². The van der Waals surface area contributed by atoms with E-state index in [9.17, 15) is 8.42 Å². The molecule has 0 bridgehead atoms. The van der Waals surface area contributed by atoms with Crippen LogP contribution in [0.4, 0.5) is 0 Å². The molecule has 1 N–H and O–H groups in total. The van der Waals surface area contributed by atoms with Crippen molar-refractivity contribution in [2.45, 2.75) is 17.4 Å². The van der Waals surface area contributed by atoms with Gasteiger partial charge in [-0.1, -0.05) is 0 Å². The van der Waals surface area contributed by atoms with Crippen LogP contribution in [0.25, 0.3) is 0 Å². The van der Waals surface area contributed by atoms with Gasteiger partial charge in [0.1, 0.15) is 0 Å². The first-order valence-electron chi connectivity index (χ1n) is 6.67. The number of nitrogens with one attached hydrogen (secondary N) is 1. The lowest BCUT2D eigenvalue weighted by Crippen LogP contribution is -2.57. The molecule has 2 aliphatic heterocycles. The summed E-state index contributed by atoms with van der Waals surface area (Å²) in [6.45, 7) is 2.52. The Balaban J connectivity index is 1.91. The van der Waals surface area contributed by atoms with E-state index in [4.69, 9.17) is 9.47 Å². The Hall–Kier alpha value is -1.31. The quantitative estimate of drug-likeness (QED) is 0.877. The molecular formula is C13H18N2O4S. The highest BCUT2D eigenvalue weighted by atomic mass is 32.2. The summed E-state index contributed by atoms with van der Waals surface area (Å²) in [5.74, 6) is 1.11. The number of fused-ring (bicyclic) bond motifs is 1. The normalized spacial score (nSPS) is 19.5. The molecule has 20 heavy (non-hydrogen) atoms. The maximum atomic E-state index is 12.5. The summed E-state index contributed by atoms with van der Waals surface area (Å²) in [6.07, 6.45) is 0.796. The van der Waals surface area contributed by atoms with Crippen molar-refractivity contribution < 1.29 is 17.9 Å². The maximum absolute atomic E-state index is 12.5. The smallest absolute Gasteiger partial charge is 0.243 e. The van der Waals surface area contributed by atoms with Crippen LogP contribution in [0.5, 0.6) is 11.5 Å². The Morgan fingerprint density at radius 1 is 1.20 bits per heavy atom. The van der Waals surface area contributed by atoms with Crippen molar-refractivity contribution in [3.05, 3.63) is 18.2 Å². The minimum atomic E-state index is -3.49. The van der Waals surface area contributed by atoms with E-state index in [0.717, 1.165) is 6.42 Å². The van der Waals surface area contributed by atoms with E-state index in [1.165, 1.54) is 4.31 Å². The molecule has 1 fully saturated rings. The average molecular weight is 298 g/mol. The molecule has 0 saturated carbocycles. The zero-order valence-corrected chi connectivity index (χ0v) is 12.1. The minimum absolute atomic E-state index is 0.0241. The molecule has 1 aromatic carbocycles. The lowest BCUT2D eigenvalue weighted by atomic mass is 10.2. The third kappa shape index (κ3) is 2.36. The van der Waals surface area contributed by atoms with Crippen LogP contribution in [-0.2, 0) is 10.0 Å². The zero-order chi connectivity index (χ0) is 14.2. The standard InChI is InChI=1S/C13H18N2O4S/c1-15(10-8-14-9-10)20(16,17)11-3-4-12-13(7-11)19-6-2-5-18-12/h3-4,7,10,14H,2,5-6,8-9H2,1H3. The number of hydrogen-bond donors (Lipinski definition) is 1. The second kappa shape index (κ2) is 5.23. The van der Waals surface area contributed by atoms with Gasteiger partial charge in [0, 0.05) is 38.7 Å². The number of hydrogen-bond acceptors (Lipinski definition) is 5. The van der Waals surface area contributed by atoms with Crippen molar-refractivity contribution in [3.8, 4) is 11.5 Å². The predicted molar refractivity (Wildman–Crippen MR) is 73.7 cm³/mol. The van der Waals surface area contributed by atoms with Gasteiger partial charge in [-0.3, -0.25) is 0 Å². The Labute approximate surface area is 118 Å². The fraction of sp³-hybridized carbons (Fsp3) is 0.538. The van der Waals surface area contributed by atoms with Gasteiger partial charge in [0.25, 0.3) is 0 Å². The van der Waals surface area contributed by atoms with Gasteiger partial charge in [-0.2, -0.15) is 4.31 Å².